The monoisotopic (exact) mass is 288 g/mol. The van der Waals surface area contributed by atoms with E-state index in [9.17, 15) is 0 Å². The molecule has 1 heterocycles. The van der Waals surface area contributed by atoms with E-state index in [1.165, 1.54) is 11.1 Å². The predicted molar refractivity (Wildman–Crippen MR) is 89.6 cm³/mol. The van der Waals surface area contributed by atoms with Crippen molar-refractivity contribution in [2.24, 2.45) is 5.73 Å². The summed E-state index contributed by atoms with van der Waals surface area (Å²) in [5, 5.41) is 0. The lowest BCUT2D eigenvalue weighted by Crippen LogP contribution is -2.30. The Kier molecular flexibility index (Phi) is 5.01. The minimum atomic E-state index is 0.255. The van der Waals surface area contributed by atoms with E-state index >= 15 is 0 Å². The Morgan fingerprint density at radius 1 is 1.24 bits per heavy atom. The molecule has 0 saturated carbocycles. The Labute approximate surface area is 128 Å². The van der Waals surface area contributed by atoms with Gasteiger partial charge in [-0.2, -0.15) is 0 Å². The van der Waals surface area contributed by atoms with Gasteiger partial charge in [-0.3, -0.25) is 4.90 Å². The molecule has 2 atom stereocenters. The van der Waals surface area contributed by atoms with Crippen LogP contribution in [0.2, 0.25) is 0 Å². The smallest absolute Gasteiger partial charge is 0.127 e. The van der Waals surface area contributed by atoms with Crippen LogP contribution in [-0.2, 0) is 0 Å². The van der Waals surface area contributed by atoms with Crippen LogP contribution in [0.5, 0.6) is 0 Å². The number of aryl methyl sites for hydroxylation is 1. The Hall–Kier alpha value is -1.39. The van der Waals surface area contributed by atoms with Crippen LogP contribution in [0.3, 0.4) is 0 Å². The molecule has 116 valence electrons. The molecule has 4 heteroatoms. The molecule has 0 spiro atoms. The van der Waals surface area contributed by atoms with Crippen LogP contribution in [0.1, 0.15) is 51.2 Å². The molecule has 0 amide bonds. The number of imidazole rings is 1. The first-order valence-electron chi connectivity index (χ1n) is 7.96. The van der Waals surface area contributed by atoms with E-state index in [-0.39, 0.29) is 6.04 Å². The number of benzene rings is 1. The van der Waals surface area contributed by atoms with Crippen molar-refractivity contribution in [1.82, 2.24) is 14.5 Å². The van der Waals surface area contributed by atoms with Crippen molar-refractivity contribution < 1.29 is 0 Å². The van der Waals surface area contributed by atoms with Gasteiger partial charge in [-0.05, 0) is 51.6 Å². The van der Waals surface area contributed by atoms with Gasteiger partial charge in [-0.15, -0.1) is 0 Å². The highest BCUT2D eigenvalue weighted by molar-refractivity contribution is 5.77. The SMILES string of the molecule is CCN(CC)C(C)c1nc2cc(C)ccc2n1C(C)CN. The molecular weight excluding hydrogens is 260 g/mol. The third-order valence-corrected chi connectivity index (χ3v) is 4.39. The number of aromatic nitrogens is 2. The normalized spacial score (nSPS) is 14.8. The van der Waals surface area contributed by atoms with Gasteiger partial charge in [0.05, 0.1) is 17.1 Å². The van der Waals surface area contributed by atoms with Gasteiger partial charge in [-0.1, -0.05) is 19.9 Å². The Morgan fingerprint density at radius 3 is 2.48 bits per heavy atom. The fourth-order valence-corrected chi connectivity index (χ4v) is 3.03. The number of fused-ring (bicyclic) bond motifs is 1. The van der Waals surface area contributed by atoms with Crippen molar-refractivity contribution >= 4 is 11.0 Å². The molecule has 2 N–H and O–H groups in total. The Balaban J connectivity index is 2.60. The zero-order valence-electron chi connectivity index (χ0n) is 13.9. The number of nitrogens with two attached hydrogens (primary N) is 1. The average Bonchev–Trinajstić information content (AvgIpc) is 2.85. The third kappa shape index (κ3) is 2.97. The van der Waals surface area contributed by atoms with Crippen LogP contribution in [-0.4, -0.2) is 34.1 Å². The molecule has 0 bridgehead atoms. The van der Waals surface area contributed by atoms with Crippen molar-refractivity contribution in [3.05, 3.63) is 29.6 Å². The highest BCUT2D eigenvalue weighted by atomic mass is 15.2. The van der Waals surface area contributed by atoms with Crippen molar-refractivity contribution in [2.45, 2.75) is 46.7 Å². The van der Waals surface area contributed by atoms with Gasteiger partial charge in [-0.25, -0.2) is 4.98 Å². The highest BCUT2D eigenvalue weighted by Crippen LogP contribution is 2.28. The van der Waals surface area contributed by atoms with Gasteiger partial charge >= 0.3 is 0 Å². The van der Waals surface area contributed by atoms with Crippen molar-refractivity contribution in [3.8, 4) is 0 Å². The molecule has 2 aromatic rings. The first kappa shape index (κ1) is 16.0. The standard InChI is InChI=1S/C17H28N4/c1-6-20(7-2)14(5)17-19-15-10-12(3)8-9-16(15)21(17)13(4)11-18/h8-10,13-14H,6-7,11,18H2,1-5H3. The Bertz CT molecular complexity index is 598. The van der Waals surface area contributed by atoms with E-state index < -0.39 is 0 Å². The van der Waals surface area contributed by atoms with E-state index in [1.807, 2.05) is 0 Å². The second kappa shape index (κ2) is 6.58. The summed E-state index contributed by atoms with van der Waals surface area (Å²) in [6, 6.07) is 7.03. The van der Waals surface area contributed by atoms with E-state index in [4.69, 9.17) is 10.7 Å². The molecule has 0 aliphatic carbocycles. The molecule has 0 saturated heterocycles. The molecule has 2 unspecified atom stereocenters. The van der Waals surface area contributed by atoms with Crippen LogP contribution in [0, 0.1) is 6.92 Å². The summed E-state index contributed by atoms with van der Waals surface area (Å²) in [6.07, 6.45) is 0. The van der Waals surface area contributed by atoms with Gasteiger partial charge in [0.15, 0.2) is 0 Å². The Morgan fingerprint density at radius 2 is 1.90 bits per heavy atom. The number of hydrogen-bond donors (Lipinski definition) is 1. The topological polar surface area (TPSA) is 47.1 Å². The first-order chi connectivity index (χ1) is 10.0. The van der Waals surface area contributed by atoms with Gasteiger partial charge in [0.1, 0.15) is 5.82 Å². The lowest BCUT2D eigenvalue weighted by atomic mass is 10.2. The van der Waals surface area contributed by atoms with Crippen molar-refractivity contribution in [3.63, 3.8) is 0 Å². The maximum Gasteiger partial charge on any atom is 0.127 e. The maximum atomic E-state index is 5.93. The molecule has 2 rings (SSSR count). The van der Waals surface area contributed by atoms with E-state index in [0.29, 0.717) is 12.6 Å². The summed E-state index contributed by atoms with van der Waals surface area (Å²) >= 11 is 0. The van der Waals surface area contributed by atoms with Crippen LogP contribution in [0.4, 0.5) is 0 Å². The van der Waals surface area contributed by atoms with E-state index in [2.05, 4.69) is 62.3 Å². The van der Waals surface area contributed by atoms with Gasteiger partial charge < -0.3 is 10.3 Å². The lowest BCUT2D eigenvalue weighted by molar-refractivity contribution is 0.219. The van der Waals surface area contributed by atoms with E-state index in [0.717, 1.165) is 24.4 Å². The summed E-state index contributed by atoms with van der Waals surface area (Å²) in [6.45, 7) is 13.6. The third-order valence-electron chi connectivity index (χ3n) is 4.39. The zero-order valence-corrected chi connectivity index (χ0v) is 13.9. The van der Waals surface area contributed by atoms with Crippen LogP contribution in [0.15, 0.2) is 18.2 Å². The largest absolute Gasteiger partial charge is 0.328 e. The second-order valence-corrected chi connectivity index (χ2v) is 5.81. The van der Waals surface area contributed by atoms with Crippen molar-refractivity contribution in [1.29, 1.82) is 0 Å². The minimum Gasteiger partial charge on any atom is -0.328 e. The van der Waals surface area contributed by atoms with E-state index in [1.54, 1.807) is 0 Å². The van der Waals surface area contributed by atoms with Gasteiger partial charge in [0, 0.05) is 12.6 Å². The summed E-state index contributed by atoms with van der Waals surface area (Å²) in [7, 11) is 0. The molecule has 0 aliphatic heterocycles. The van der Waals surface area contributed by atoms with Crippen molar-refractivity contribution in [2.75, 3.05) is 19.6 Å². The van der Waals surface area contributed by atoms with Gasteiger partial charge in [0.25, 0.3) is 0 Å². The molecule has 4 nitrogen and oxygen atoms in total. The summed E-state index contributed by atoms with van der Waals surface area (Å²) in [5.41, 5.74) is 9.44. The number of hydrogen-bond acceptors (Lipinski definition) is 3. The van der Waals surface area contributed by atoms with Gasteiger partial charge in [0.2, 0.25) is 0 Å². The summed E-state index contributed by atoms with van der Waals surface area (Å²) in [4.78, 5) is 7.35. The molecule has 0 radical (unpaired) electrons. The molecule has 0 fully saturated rings. The minimum absolute atomic E-state index is 0.255. The average molecular weight is 288 g/mol. The molecule has 0 aliphatic rings. The quantitative estimate of drug-likeness (QED) is 0.887. The molecule has 1 aromatic carbocycles. The summed E-state index contributed by atoms with van der Waals surface area (Å²) in [5.74, 6) is 1.12. The fourth-order valence-electron chi connectivity index (χ4n) is 3.03. The first-order valence-corrected chi connectivity index (χ1v) is 7.96. The van der Waals surface area contributed by atoms with Crippen LogP contribution >= 0.6 is 0 Å². The van der Waals surface area contributed by atoms with Crippen LogP contribution < -0.4 is 5.73 Å². The highest BCUT2D eigenvalue weighted by Gasteiger charge is 2.22. The second-order valence-electron chi connectivity index (χ2n) is 5.81. The lowest BCUT2D eigenvalue weighted by Gasteiger charge is -2.28. The number of rotatable bonds is 6. The zero-order chi connectivity index (χ0) is 15.6. The number of nitrogens with zero attached hydrogens (tertiary/aromatic N) is 3. The molecule has 1 aromatic heterocycles. The fraction of sp³-hybridized carbons (Fsp3) is 0.588. The summed E-state index contributed by atoms with van der Waals surface area (Å²) < 4.78 is 2.32. The maximum absolute atomic E-state index is 5.93. The molecule has 21 heavy (non-hydrogen) atoms. The molecular formula is C17H28N4. The predicted octanol–water partition coefficient (Wildman–Crippen LogP) is 3.27. The van der Waals surface area contributed by atoms with Crippen LogP contribution in [0.25, 0.3) is 11.0 Å².